The number of carbonyl (C=O) groups excluding carboxylic acids is 1. The highest BCUT2D eigenvalue weighted by Crippen LogP contribution is 2.26. The number of pyridine rings is 1. The molecule has 3 aromatic rings. The van der Waals surface area contributed by atoms with E-state index < -0.39 is 5.25 Å². The SMILES string of the molecule is Cc1cc(NC(=O)[C@@H](C)Sc2nnc(-c3cccnc3)o2)no1. The lowest BCUT2D eigenvalue weighted by atomic mass is 10.3. The number of carbonyl (C=O) groups is 1. The van der Waals surface area contributed by atoms with Crippen LogP contribution in [0.15, 0.2) is 44.8 Å². The van der Waals surface area contributed by atoms with Crippen LogP contribution in [0.1, 0.15) is 12.7 Å². The molecule has 23 heavy (non-hydrogen) atoms. The van der Waals surface area contributed by atoms with E-state index in [-0.39, 0.29) is 5.91 Å². The number of amides is 1. The molecule has 9 heteroatoms. The monoisotopic (exact) mass is 331 g/mol. The van der Waals surface area contributed by atoms with Gasteiger partial charge in [-0.05, 0) is 26.0 Å². The van der Waals surface area contributed by atoms with Gasteiger partial charge in [-0.25, -0.2) is 0 Å². The molecule has 3 aromatic heterocycles. The summed E-state index contributed by atoms with van der Waals surface area (Å²) in [6, 6.07) is 5.24. The molecule has 3 heterocycles. The van der Waals surface area contributed by atoms with Crippen molar-refractivity contribution in [1.82, 2.24) is 20.3 Å². The molecule has 0 saturated carbocycles. The fourth-order valence-corrected chi connectivity index (χ4v) is 2.40. The number of thioether (sulfide) groups is 1. The molecule has 0 aliphatic heterocycles. The van der Waals surface area contributed by atoms with Gasteiger partial charge in [0.05, 0.1) is 10.8 Å². The number of rotatable bonds is 5. The number of nitrogens with one attached hydrogen (secondary N) is 1. The van der Waals surface area contributed by atoms with Crippen molar-refractivity contribution in [2.24, 2.45) is 0 Å². The van der Waals surface area contributed by atoms with Crippen LogP contribution in [0.25, 0.3) is 11.5 Å². The topological polar surface area (TPSA) is 107 Å². The Kier molecular flexibility index (Phi) is 4.38. The Bertz CT molecular complexity index is 802. The van der Waals surface area contributed by atoms with Gasteiger partial charge in [0.25, 0.3) is 5.22 Å². The summed E-state index contributed by atoms with van der Waals surface area (Å²) in [5.41, 5.74) is 0.724. The molecule has 0 aliphatic carbocycles. The highest BCUT2D eigenvalue weighted by Gasteiger charge is 2.19. The second-order valence-electron chi connectivity index (χ2n) is 4.69. The predicted molar refractivity (Wildman–Crippen MR) is 82.7 cm³/mol. The summed E-state index contributed by atoms with van der Waals surface area (Å²) in [5.74, 6) is 1.13. The van der Waals surface area contributed by atoms with Gasteiger partial charge in [-0.15, -0.1) is 10.2 Å². The van der Waals surface area contributed by atoms with Crippen molar-refractivity contribution in [3.05, 3.63) is 36.4 Å². The lowest BCUT2D eigenvalue weighted by Crippen LogP contribution is -2.22. The van der Waals surface area contributed by atoms with Crippen molar-refractivity contribution in [3.63, 3.8) is 0 Å². The maximum absolute atomic E-state index is 12.1. The first-order valence-electron chi connectivity index (χ1n) is 6.76. The number of hydrogen-bond donors (Lipinski definition) is 1. The van der Waals surface area contributed by atoms with Crippen molar-refractivity contribution < 1.29 is 13.7 Å². The molecule has 0 spiro atoms. The Hall–Kier alpha value is -2.68. The fourth-order valence-electron chi connectivity index (χ4n) is 1.72. The van der Waals surface area contributed by atoms with Crippen LogP contribution in [0.4, 0.5) is 5.82 Å². The summed E-state index contributed by atoms with van der Waals surface area (Å²) in [5, 5.41) is 14.1. The second kappa shape index (κ2) is 6.61. The molecular weight excluding hydrogens is 318 g/mol. The largest absolute Gasteiger partial charge is 0.411 e. The zero-order valence-corrected chi connectivity index (χ0v) is 13.2. The molecule has 1 N–H and O–H groups in total. The summed E-state index contributed by atoms with van der Waals surface area (Å²) < 4.78 is 10.4. The van der Waals surface area contributed by atoms with E-state index >= 15 is 0 Å². The van der Waals surface area contributed by atoms with Gasteiger partial charge in [0.1, 0.15) is 5.76 Å². The first-order valence-corrected chi connectivity index (χ1v) is 7.64. The molecular formula is C14H13N5O3S. The Morgan fingerprint density at radius 1 is 1.39 bits per heavy atom. The zero-order chi connectivity index (χ0) is 16.2. The van der Waals surface area contributed by atoms with Crippen LogP contribution in [0.2, 0.25) is 0 Å². The third kappa shape index (κ3) is 3.75. The van der Waals surface area contributed by atoms with Crippen LogP contribution in [0.5, 0.6) is 0 Å². The fraction of sp³-hybridized carbons (Fsp3) is 0.214. The Morgan fingerprint density at radius 3 is 2.96 bits per heavy atom. The van der Waals surface area contributed by atoms with Crippen LogP contribution in [0, 0.1) is 6.92 Å². The van der Waals surface area contributed by atoms with E-state index in [9.17, 15) is 4.79 Å². The van der Waals surface area contributed by atoms with Crippen molar-refractivity contribution in [3.8, 4) is 11.5 Å². The van der Waals surface area contributed by atoms with Crippen molar-refractivity contribution >= 4 is 23.5 Å². The minimum atomic E-state index is -0.436. The molecule has 0 aliphatic rings. The third-order valence-electron chi connectivity index (χ3n) is 2.84. The summed E-state index contributed by atoms with van der Waals surface area (Å²) in [6.45, 7) is 3.49. The van der Waals surface area contributed by atoms with Gasteiger partial charge >= 0.3 is 0 Å². The first-order chi connectivity index (χ1) is 11.1. The van der Waals surface area contributed by atoms with Gasteiger partial charge < -0.3 is 14.3 Å². The van der Waals surface area contributed by atoms with Crippen molar-refractivity contribution in [2.75, 3.05) is 5.32 Å². The minimum absolute atomic E-state index is 0.232. The van der Waals surface area contributed by atoms with Crippen LogP contribution < -0.4 is 5.32 Å². The van der Waals surface area contributed by atoms with Crippen LogP contribution in [-0.2, 0) is 4.79 Å². The second-order valence-corrected chi connectivity index (χ2v) is 5.98. The molecule has 0 unspecified atom stereocenters. The Morgan fingerprint density at radius 2 is 2.26 bits per heavy atom. The van der Waals surface area contributed by atoms with E-state index in [4.69, 9.17) is 8.94 Å². The normalized spacial score (nSPS) is 12.1. The predicted octanol–water partition coefficient (Wildman–Crippen LogP) is 2.55. The molecule has 0 fully saturated rings. The summed E-state index contributed by atoms with van der Waals surface area (Å²) in [6.07, 6.45) is 3.29. The minimum Gasteiger partial charge on any atom is -0.411 e. The van der Waals surface area contributed by atoms with Crippen LogP contribution in [-0.4, -0.2) is 31.5 Å². The molecule has 118 valence electrons. The van der Waals surface area contributed by atoms with E-state index in [1.54, 1.807) is 38.4 Å². The van der Waals surface area contributed by atoms with Crippen LogP contribution in [0.3, 0.4) is 0 Å². The van der Waals surface area contributed by atoms with Gasteiger partial charge in [-0.1, -0.05) is 16.9 Å². The average molecular weight is 331 g/mol. The molecule has 0 bridgehead atoms. The van der Waals surface area contributed by atoms with E-state index in [1.807, 2.05) is 6.07 Å². The number of anilines is 1. The van der Waals surface area contributed by atoms with Crippen molar-refractivity contribution in [2.45, 2.75) is 24.3 Å². The quantitative estimate of drug-likeness (QED) is 0.711. The smallest absolute Gasteiger partial charge is 0.277 e. The number of hydrogen-bond acceptors (Lipinski definition) is 8. The molecule has 1 amide bonds. The van der Waals surface area contributed by atoms with E-state index in [2.05, 4.69) is 25.7 Å². The number of aryl methyl sites for hydroxylation is 1. The maximum atomic E-state index is 12.1. The average Bonchev–Trinajstić information content (AvgIpc) is 3.17. The molecule has 3 rings (SSSR count). The maximum Gasteiger partial charge on any atom is 0.277 e. The Labute approximate surface area is 135 Å². The molecule has 1 atom stereocenters. The molecule has 8 nitrogen and oxygen atoms in total. The van der Waals surface area contributed by atoms with E-state index in [0.29, 0.717) is 22.7 Å². The highest BCUT2D eigenvalue weighted by molar-refractivity contribution is 8.00. The van der Waals surface area contributed by atoms with Gasteiger partial charge in [-0.3, -0.25) is 9.78 Å². The van der Waals surface area contributed by atoms with E-state index in [1.165, 1.54) is 0 Å². The van der Waals surface area contributed by atoms with Gasteiger partial charge in [0.2, 0.25) is 11.8 Å². The summed E-state index contributed by atoms with van der Waals surface area (Å²) >= 11 is 1.16. The standard InChI is InChI=1S/C14H13N5O3S/c1-8-6-11(19-22-8)16-12(20)9(2)23-14-18-17-13(21-14)10-4-3-5-15-7-10/h3-7,9H,1-2H3,(H,16,19,20)/t9-/m1/s1. The van der Waals surface area contributed by atoms with Gasteiger partial charge in [0, 0.05) is 18.5 Å². The van der Waals surface area contributed by atoms with Crippen LogP contribution >= 0.6 is 11.8 Å². The van der Waals surface area contributed by atoms with Gasteiger partial charge in [0.15, 0.2) is 5.82 Å². The van der Waals surface area contributed by atoms with Crippen molar-refractivity contribution in [1.29, 1.82) is 0 Å². The van der Waals surface area contributed by atoms with Gasteiger partial charge in [-0.2, -0.15) is 0 Å². The summed E-state index contributed by atoms with van der Waals surface area (Å²) in [7, 11) is 0. The third-order valence-corrected chi connectivity index (χ3v) is 3.78. The lowest BCUT2D eigenvalue weighted by molar-refractivity contribution is -0.115. The molecule has 0 radical (unpaired) electrons. The van der Waals surface area contributed by atoms with E-state index in [0.717, 1.165) is 17.3 Å². The lowest BCUT2D eigenvalue weighted by Gasteiger charge is -2.06. The first kappa shape index (κ1) is 15.2. The number of aromatic nitrogens is 4. The summed E-state index contributed by atoms with van der Waals surface area (Å²) in [4.78, 5) is 16.1. The molecule has 0 saturated heterocycles. The molecule has 0 aromatic carbocycles. The highest BCUT2D eigenvalue weighted by atomic mass is 32.2. The number of nitrogens with zero attached hydrogens (tertiary/aromatic N) is 4. The zero-order valence-electron chi connectivity index (χ0n) is 12.4. The Balaban J connectivity index is 1.62.